The van der Waals surface area contributed by atoms with Crippen molar-refractivity contribution in [1.82, 2.24) is 0 Å². The number of non-ortho nitro benzene ring substituents is 1. The van der Waals surface area contributed by atoms with Crippen molar-refractivity contribution in [3.63, 3.8) is 0 Å². The van der Waals surface area contributed by atoms with Crippen molar-refractivity contribution in [2.24, 2.45) is 5.73 Å². The van der Waals surface area contributed by atoms with Crippen molar-refractivity contribution in [3.05, 3.63) is 38.3 Å². The molecule has 1 aromatic rings. The predicted molar refractivity (Wildman–Crippen MR) is 68.7 cm³/mol. The third-order valence-corrected chi connectivity index (χ3v) is 2.72. The third-order valence-electron chi connectivity index (χ3n) is 1.98. The van der Waals surface area contributed by atoms with E-state index in [2.05, 4.69) is 15.9 Å². The van der Waals surface area contributed by atoms with Gasteiger partial charge >= 0.3 is 0 Å². The van der Waals surface area contributed by atoms with E-state index in [-0.39, 0.29) is 11.2 Å². The Morgan fingerprint density at radius 2 is 2.18 bits per heavy atom. The number of benzene rings is 1. The molecule has 0 bridgehead atoms. The van der Waals surface area contributed by atoms with Gasteiger partial charge in [-0.05, 0) is 25.5 Å². The number of nitro groups is 1. The van der Waals surface area contributed by atoms with E-state index in [0.29, 0.717) is 17.7 Å². The first-order valence-electron chi connectivity index (χ1n) is 5.09. The van der Waals surface area contributed by atoms with Crippen molar-refractivity contribution in [2.45, 2.75) is 26.0 Å². The molecule has 0 radical (unpaired) electrons. The molecule has 17 heavy (non-hydrogen) atoms. The molecule has 0 aromatic heterocycles. The van der Waals surface area contributed by atoms with Gasteiger partial charge in [-0.1, -0.05) is 15.9 Å². The SMILES string of the molecule is CC(C)(N)COCc1ccc([N+](=O)[O-])cc1Br. The van der Waals surface area contributed by atoms with Gasteiger partial charge < -0.3 is 10.5 Å². The highest BCUT2D eigenvalue weighted by molar-refractivity contribution is 9.10. The van der Waals surface area contributed by atoms with Crippen LogP contribution in [0.25, 0.3) is 0 Å². The van der Waals surface area contributed by atoms with Crippen LogP contribution < -0.4 is 5.73 Å². The lowest BCUT2D eigenvalue weighted by Gasteiger charge is -2.18. The molecule has 0 amide bonds. The van der Waals surface area contributed by atoms with Gasteiger partial charge in [0.05, 0.1) is 18.1 Å². The van der Waals surface area contributed by atoms with Gasteiger partial charge in [0.2, 0.25) is 0 Å². The van der Waals surface area contributed by atoms with E-state index in [1.54, 1.807) is 6.07 Å². The van der Waals surface area contributed by atoms with Crippen LogP contribution in [0.15, 0.2) is 22.7 Å². The highest BCUT2D eigenvalue weighted by atomic mass is 79.9. The van der Waals surface area contributed by atoms with Gasteiger partial charge in [0, 0.05) is 22.1 Å². The number of nitrogens with two attached hydrogens (primary N) is 1. The lowest BCUT2D eigenvalue weighted by Crippen LogP contribution is -2.37. The Morgan fingerprint density at radius 3 is 2.65 bits per heavy atom. The minimum absolute atomic E-state index is 0.0554. The summed E-state index contributed by atoms with van der Waals surface area (Å²) in [6, 6.07) is 4.59. The molecule has 0 aliphatic heterocycles. The fraction of sp³-hybridized carbons (Fsp3) is 0.455. The van der Waals surface area contributed by atoms with E-state index in [0.717, 1.165) is 5.56 Å². The summed E-state index contributed by atoms with van der Waals surface area (Å²) in [7, 11) is 0. The van der Waals surface area contributed by atoms with Crippen LogP contribution in [-0.2, 0) is 11.3 Å². The van der Waals surface area contributed by atoms with Crippen molar-refractivity contribution in [1.29, 1.82) is 0 Å². The van der Waals surface area contributed by atoms with Gasteiger partial charge in [0.1, 0.15) is 0 Å². The number of hydrogen-bond acceptors (Lipinski definition) is 4. The van der Waals surface area contributed by atoms with E-state index in [1.165, 1.54) is 12.1 Å². The van der Waals surface area contributed by atoms with Crippen LogP contribution in [-0.4, -0.2) is 17.1 Å². The zero-order valence-corrected chi connectivity index (χ0v) is 11.4. The summed E-state index contributed by atoms with van der Waals surface area (Å²) >= 11 is 3.28. The maximum absolute atomic E-state index is 10.5. The van der Waals surface area contributed by atoms with Crippen LogP contribution in [0.5, 0.6) is 0 Å². The summed E-state index contributed by atoms with van der Waals surface area (Å²) in [4.78, 5) is 10.1. The van der Waals surface area contributed by atoms with Gasteiger partial charge in [0.15, 0.2) is 0 Å². The summed E-state index contributed by atoms with van der Waals surface area (Å²) in [5, 5.41) is 10.5. The lowest BCUT2D eigenvalue weighted by atomic mass is 10.1. The monoisotopic (exact) mass is 302 g/mol. The van der Waals surface area contributed by atoms with E-state index in [9.17, 15) is 10.1 Å². The molecule has 0 saturated heterocycles. The predicted octanol–water partition coefficient (Wildman–Crippen LogP) is 2.61. The molecule has 0 aliphatic carbocycles. The number of halogens is 1. The molecule has 6 heteroatoms. The number of rotatable bonds is 5. The highest BCUT2D eigenvalue weighted by Gasteiger charge is 2.12. The Kier molecular flexibility index (Phi) is 4.62. The van der Waals surface area contributed by atoms with Crippen LogP contribution in [0, 0.1) is 10.1 Å². The molecule has 5 nitrogen and oxygen atoms in total. The minimum Gasteiger partial charge on any atom is -0.375 e. The normalized spacial score (nSPS) is 11.5. The molecule has 0 aliphatic rings. The number of nitro benzene ring substituents is 1. The number of ether oxygens (including phenoxy) is 1. The maximum Gasteiger partial charge on any atom is 0.270 e. The second-order valence-corrected chi connectivity index (χ2v) is 5.37. The Morgan fingerprint density at radius 1 is 1.53 bits per heavy atom. The van der Waals surface area contributed by atoms with E-state index in [4.69, 9.17) is 10.5 Å². The summed E-state index contributed by atoms with van der Waals surface area (Å²) in [5.74, 6) is 0. The average Bonchev–Trinajstić information content (AvgIpc) is 2.18. The Hall–Kier alpha value is -0.980. The first-order chi connectivity index (χ1) is 7.79. The molecule has 0 spiro atoms. The zero-order valence-electron chi connectivity index (χ0n) is 9.77. The Labute approximate surface area is 108 Å². The van der Waals surface area contributed by atoms with E-state index >= 15 is 0 Å². The second-order valence-electron chi connectivity index (χ2n) is 4.51. The molecule has 0 heterocycles. The van der Waals surface area contributed by atoms with Gasteiger partial charge in [0.25, 0.3) is 5.69 Å². The molecule has 0 unspecified atom stereocenters. The van der Waals surface area contributed by atoms with E-state index < -0.39 is 4.92 Å². The largest absolute Gasteiger partial charge is 0.375 e. The van der Waals surface area contributed by atoms with Crippen molar-refractivity contribution in [3.8, 4) is 0 Å². The second kappa shape index (κ2) is 5.57. The quantitative estimate of drug-likeness (QED) is 0.670. The van der Waals surface area contributed by atoms with Gasteiger partial charge in [-0.25, -0.2) is 0 Å². The van der Waals surface area contributed by atoms with Crippen molar-refractivity contribution < 1.29 is 9.66 Å². The van der Waals surface area contributed by atoms with Gasteiger partial charge in [-0.3, -0.25) is 10.1 Å². The fourth-order valence-corrected chi connectivity index (χ4v) is 1.67. The van der Waals surface area contributed by atoms with Crippen molar-refractivity contribution in [2.75, 3.05) is 6.61 Å². The molecule has 94 valence electrons. The number of hydrogen-bond donors (Lipinski definition) is 1. The summed E-state index contributed by atoms with van der Waals surface area (Å²) in [5.41, 5.74) is 6.31. The molecule has 0 fully saturated rings. The summed E-state index contributed by atoms with van der Waals surface area (Å²) in [6.45, 7) is 4.55. The van der Waals surface area contributed by atoms with Crippen LogP contribution in [0.4, 0.5) is 5.69 Å². The van der Waals surface area contributed by atoms with Crippen LogP contribution in [0.2, 0.25) is 0 Å². The van der Waals surface area contributed by atoms with Crippen LogP contribution in [0.3, 0.4) is 0 Å². The zero-order chi connectivity index (χ0) is 13.1. The van der Waals surface area contributed by atoms with Gasteiger partial charge in [-0.15, -0.1) is 0 Å². The van der Waals surface area contributed by atoms with E-state index in [1.807, 2.05) is 13.8 Å². The summed E-state index contributed by atoms with van der Waals surface area (Å²) in [6.07, 6.45) is 0. The molecule has 1 aromatic carbocycles. The Bertz CT molecular complexity index is 416. The molecular weight excluding hydrogens is 288 g/mol. The maximum atomic E-state index is 10.5. The molecule has 0 atom stereocenters. The Balaban J connectivity index is 2.64. The van der Waals surface area contributed by atoms with Crippen LogP contribution in [0.1, 0.15) is 19.4 Å². The van der Waals surface area contributed by atoms with Gasteiger partial charge in [-0.2, -0.15) is 0 Å². The van der Waals surface area contributed by atoms with Crippen molar-refractivity contribution >= 4 is 21.6 Å². The molecule has 0 saturated carbocycles. The fourth-order valence-electron chi connectivity index (χ4n) is 1.19. The average molecular weight is 303 g/mol. The first kappa shape index (κ1) is 14.1. The standard InChI is InChI=1S/C11H15BrN2O3/c1-11(2,13)7-17-6-8-3-4-9(14(15)16)5-10(8)12/h3-5H,6-7,13H2,1-2H3. The number of nitrogens with zero attached hydrogens (tertiary/aromatic N) is 1. The molecule has 2 N–H and O–H groups in total. The topological polar surface area (TPSA) is 78.4 Å². The first-order valence-corrected chi connectivity index (χ1v) is 5.88. The lowest BCUT2D eigenvalue weighted by molar-refractivity contribution is -0.384. The highest BCUT2D eigenvalue weighted by Crippen LogP contribution is 2.23. The molecule has 1 rings (SSSR count). The third kappa shape index (κ3) is 4.80. The molecular formula is C11H15BrN2O3. The summed E-state index contributed by atoms with van der Waals surface area (Å²) < 4.78 is 6.11. The van der Waals surface area contributed by atoms with Crippen LogP contribution >= 0.6 is 15.9 Å². The smallest absolute Gasteiger partial charge is 0.270 e. The minimum atomic E-state index is -0.432.